The first-order chi connectivity index (χ1) is 13.1. The van der Waals surface area contributed by atoms with Crippen LogP contribution in [0.25, 0.3) is 10.9 Å². The summed E-state index contributed by atoms with van der Waals surface area (Å²) >= 11 is 5.48. The number of ether oxygens (including phenoxy) is 1. The summed E-state index contributed by atoms with van der Waals surface area (Å²) in [5.74, 6) is 0. The summed E-state index contributed by atoms with van der Waals surface area (Å²) in [7, 11) is 1.82. The molecule has 1 aliphatic heterocycles. The highest BCUT2D eigenvalue weighted by molar-refractivity contribution is 7.80. The highest BCUT2D eigenvalue weighted by Gasteiger charge is 2.16. The molecule has 0 bridgehead atoms. The van der Waals surface area contributed by atoms with Gasteiger partial charge in [0.05, 0.1) is 19.8 Å². The van der Waals surface area contributed by atoms with Crippen LogP contribution in [0, 0.1) is 0 Å². The largest absolute Gasteiger partial charge is 0.379 e. The van der Waals surface area contributed by atoms with Crippen molar-refractivity contribution in [3.8, 4) is 0 Å². The van der Waals surface area contributed by atoms with E-state index in [1.165, 1.54) is 5.56 Å². The molecule has 0 atom stereocenters. The Hall–Kier alpha value is -1.96. The summed E-state index contributed by atoms with van der Waals surface area (Å²) in [5.41, 5.74) is 2.81. The Balaban J connectivity index is 1.78. The Morgan fingerprint density at radius 3 is 2.81 bits per heavy atom. The van der Waals surface area contributed by atoms with Crippen LogP contribution < -0.4 is 10.9 Å². The third-order valence-corrected chi connectivity index (χ3v) is 5.51. The van der Waals surface area contributed by atoms with Gasteiger partial charge in [0.25, 0.3) is 5.56 Å². The average molecular weight is 389 g/mol. The minimum absolute atomic E-state index is 0.0537. The maximum Gasteiger partial charge on any atom is 0.253 e. The molecule has 1 fully saturated rings. The van der Waals surface area contributed by atoms with Gasteiger partial charge in [-0.2, -0.15) is 0 Å². The number of aryl methyl sites for hydroxylation is 1. The lowest BCUT2D eigenvalue weighted by molar-refractivity contribution is 0.0357. The fraction of sp³-hybridized carbons (Fsp3) is 0.500. The van der Waals surface area contributed by atoms with E-state index < -0.39 is 0 Å². The molecule has 6 nitrogen and oxygen atoms in total. The van der Waals surface area contributed by atoms with Crippen LogP contribution in [-0.4, -0.2) is 66.3 Å². The number of rotatable bonds is 6. The molecule has 0 spiro atoms. The summed E-state index contributed by atoms with van der Waals surface area (Å²) in [6.45, 7) is 7.73. The Morgan fingerprint density at radius 1 is 1.33 bits per heavy atom. The van der Waals surface area contributed by atoms with Crippen LogP contribution in [0.3, 0.4) is 0 Å². The summed E-state index contributed by atoms with van der Waals surface area (Å²) in [6, 6.07) is 8.17. The minimum atomic E-state index is -0.0537. The second kappa shape index (κ2) is 9.30. The predicted molar refractivity (Wildman–Crippen MR) is 113 cm³/mol. The van der Waals surface area contributed by atoms with Crippen LogP contribution >= 0.6 is 12.2 Å². The third-order valence-electron chi connectivity index (χ3n) is 5.05. The number of thiocarbonyl (C=S) groups is 1. The maximum atomic E-state index is 12.6. The lowest BCUT2D eigenvalue weighted by Gasteiger charge is -2.31. The highest BCUT2D eigenvalue weighted by Crippen LogP contribution is 2.15. The molecule has 7 heteroatoms. The number of aromatic nitrogens is 1. The third kappa shape index (κ3) is 5.06. The molecule has 0 aliphatic carbocycles. The van der Waals surface area contributed by atoms with E-state index in [1.807, 2.05) is 19.2 Å². The summed E-state index contributed by atoms with van der Waals surface area (Å²) in [4.78, 5) is 20.0. The number of hydrogen-bond donors (Lipinski definition) is 2. The van der Waals surface area contributed by atoms with E-state index in [2.05, 4.69) is 39.2 Å². The smallest absolute Gasteiger partial charge is 0.253 e. The van der Waals surface area contributed by atoms with Crippen molar-refractivity contribution in [1.82, 2.24) is 20.1 Å². The van der Waals surface area contributed by atoms with E-state index in [-0.39, 0.29) is 5.56 Å². The van der Waals surface area contributed by atoms with Gasteiger partial charge in [-0.15, -0.1) is 0 Å². The predicted octanol–water partition coefficient (Wildman–Crippen LogP) is 1.73. The molecule has 0 amide bonds. The van der Waals surface area contributed by atoms with E-state index in [0.29, 0.717) is 11.7 Å². The first-order valence-electron chi connectivity index (χ1n) is 9.52. The quantitative estimate of drug-likeness (QED) is 0.735. The van der Waals surface area contributed by atoms with Gasteiger partial charge in [0.2, 0.25) is 0 Å². The van der Waals surface area contributed by atoms with Gasteiger partial charge in [-0.1, -0.05) is 13.0 Å². The van der Waals surface area contributed by atoms with Gasteiger partial charge in [0.15, 0.2) is 5.11 Å². The monoisotopic (exact) mass is 388 g/mol. The topological polar surface area (TPSA) is 60.6 Å². The van der Waals surface area contributed by atoms with E-state index in [9.17, 15) is 4.79 Å². The van der Waals surface area contributed by atoms with Crippen LogP contribution in [0.1, 0.15) is 18.1 Å². The fourth-order valence-electron chi connectivity index (χ4n) is 3.34. The molecule has 2 heterocycles. The summed E-state index contributed by atoms with van der Waals surface area (Å²) < 4.78 is 5.41. The maximum absolute atomic E-state index is 12.6. The number of H-pyrrole nitrogens is 1. The Morgan fingerprint density at radius 2 is 2.11 bits per heavy atom. The van der Waals surface area contributed by atoms with Crippen molar-refractivity contribution in [3.63, 3.8) is 0 Å². The van der Waals surface area contributed by atoms with E-state index in [1.54, 1.807) is 0 Å². The van der Waals surface area contributed by atoms with Crippen LogP contribution in [-0.2, 0) is 17.7 Å². The molecule has 2 aromatic rings. The normalized spacial score (nSPS) is 15.0. The van der Waals surface area contributed by atoms with Crippen LogP contribution in [0.5, 0.6) is 0 Å². The Bertz CT molecular complexity index is 845. The molecule has 0 radical (unpaired) electrons. The number of pyridine rings is 1. The molecule has 1 aromatic heterocycles. The zero-order chi connectivity index (χ0) is 19.2. The molecule has 1 aromatic carbocycles. The lowest BCUT2D eigenvalue weighted by atomic mass is 10.1. The van der Waals surface area contributed by atoms with Gasteiger partial charge in [0.1, 0.15) is 0 Å². The van der Waals surface area contributed by atoms with Gasteiger partial charge in [-0.3, -0.25) is 9.69 Å². The van der Waals surface area contributed by atoms with Crippen molar-refractivity contribution in [3.05, 3.63) is 45.7 Å². The number of fused-ring (bicyclic) bond motifs is 1. The Kier molecular flexibility index (Phi) is 6.82. The zero-order valence-corrected chi connectivity index (χ0v) is 16.9. The zero-order valence-electron chi connectivity index (χ0n) is 16.1. The van der Waals surface area contributed by atoms with Gasteiger partial charge in [-0.05, 0) is 47.8 Å². The molecule has 27 heavy (non-hydrogen) atoms. The molecule has 0 unspecified atom stereocenters. The van der Waals surface area contributed by atoms with Crippen LogP contribution in [0.15, 0.2) is 29.1 Å². The standard InChI is InChI=1S/C20H28N4O2S/c1-3-15-4-5-18-16(12-15)13-17(19(25)22-18)14-24(20(27)21-2)7-6-23-8-10-26-11-9-23/h4-5,12-13H,3,6-11,14H2,1-2H3,(H,21,27)(H,22,25). The van der Waals surface area contributed by atoms with Crippen molar-refractivity contribution >= 4 is 28.2 Å². The van der Waals surface area contributed by atoms with Crippen molar-refractivity contribution in [1.29, 1.82) is 0 Å². The molecular weight excluding hydrogens is 360 g/mol. The SMILES string of the molecule is CCc1ccc2[nH]c(=O)c(CN(CCN3CCOCC3)C(=S)NC)cc2c1. The van der Waals surface area contributed by atoms with Gasteiger partial charge in [-0.25, -0.2) is 0 Å². The number of aromatic amines is 1. The molecule has 0 saturated carbocycles. The van der Waals surface area contributed by atoms with Crippen molar-refractivity contribution in [2.45, 2.75) is 19.9 Å². The second-order valence-corrected chi connectivity index (χ2v) is 7.22. The van der Waals surface area contributed by atoms with Crippen LogP contribution in [0.2, 0.25) is 0 Å². The van der Waals surface area contributed by atoms with Gasteiger partial charge in [0, 0.05) is 44.3 Å². The minimum Gasteiger partial charge on any atom is -0.379 e. The number of benzene rings is 1. The molecule has 3 rings (SSSR count). The highest BCUT2D eigenvalue weighted by atomic mass is 32.1. The fourth-order valence-corrected chi connectivity index (χ4v) is 3.50. The van der Waals surface area contributed by atoms with Crippen LogP contribution in [0.4, 0.5) is 0 Å². The van der Waals surface area contributed by atoms with E-state index in [0.717, 1.165) is 62.3 Å². The van der Waals surface area contributed by atoms with Gasteiger partial charge >= 0.3 is 0 Å². The number of nitrogens with one attached hydrogen (secondary N) is 2. The van der Waals surface area contributed by atoms with E-state index in [4.69, 9.17) is 17.0 Å². The summed E-state index contributed by atoms with van der Waals surface area (Å²) in [5, 5.41) is 4.77. The molecule has 2 N–H and O–H groups in total. The first-order valence-corrected chi connectivity index (χ1v) is 9.93. The molecule has 146 valence electrons. The summed E-state index contributed by atoms with van der Waals surface area (Å²) in [6.07, 6.45) is 0.972. The molecule has 1 saturated heterocycles. The molecule has 1 aliphatic rings. The van der Waals surface area contributed by atoms with Crippen molar-refractivity contribution in [2.75, 3.05) is 46.4 Å². The average Bonchev–Trinajstić information content (AvgIpc) is 2.71. The van der Waals surface area contributed by atoms with E-state index >= 15 is 0 Å². The number of nitrogens with zero attached hydrogens (tertiary/aromatic N) is 2. The number of hydrogen-bond acceptors (Lipinski definition) is 4. The Labute approximate surface area is 165 Å². The lowest BCUT2D eigenvalue weighted by Crippen LogP contribution is -2.45. The molecular formula is C20H28N4O2S. The van der Waals surface area contributed by atoms with Gasteiger partial charge < -0.3 is 19.9 Å². The van der Waals surface area contributed by atoms with Crippen molar-refractivity contribution < 1.29 is 4.74 Å². The first kappa shape index (κ1) is 19.8. The van der Waals surface area contributed by atoms with Crippen molar-refractivity contribution in [2.24, 2.45) is 0 Å². The number of morpholine rings is 1. The second-order valence-electron chi connectivity index (χ2n) is 6.83.